The van der Waals surface area contributed by atoms with Crippen LogP contribution in [-0.2, 0) is 0 Å². The summed E-state index contributed by atoms with van der Waals surface area (Å²) in [7, 11) is 0. The molecule has 2 aliphatic rings. The lowest BCUT2D eigenvalue weighted by Crippen LogP contribution is -2.46. The summed E-state index contributed by atoms with van der Waals surface area (Å²) in [5, 5.41) is 0. The Kier molecular flexibility index (Phi) is 4.82. The highest BCUT2D eigenvalue weighted by atomic mass is 19.1. The Morgan fingerprint density at radius 2 is 2.00 bits per heavy atom. The average Bonchev–Trinajstić information content (AvgIpc) is 3.00. The normalized spacial score (nSPS) is 22.7. The van der Waals surface area contributed by atoms with Crippen molar-refractivity contribution in [2.24, 2.45) is 5.73 Å². The number of rotatable bonds is 3. The Labute approximate surface area is 136 Å². The smallest absolute Gasteiger partial charge is 0.254 e. The van der Waals surface area contributed by atoms with Crippen LogP contribution in [0.2, 0.25) is 0 Å². The van der Waals surface area contributed by atoms with Crippen molar-refractivity contribution in [3.05, 3.63) is 29.6 Å². The number of benzene rings is 1. The lowest BCUT2D eigenvalue weighted by molar-refractivity contribution is 0.0790. The van der Waals surface area contributed by atoms with Crippen LogP contribution in [0, 0.1) is 5.82 Å². The monoisotopic (exact) mass is 320 g/mol. The van der Waals surface area contributed by atoms with Gasteiger partial charge >= 0.3 is 0 Å². The van der Waals surface area contributed by atoms with E-state index in [0.717, 1.165) is 39.1 Å². The van der Waals surface area contributed by atoms with Gasteiger partial charge in [-0.05, 0) is 31.2 Å². The lowest BCUT2D eigenvalue weighted by atomic mass is 10.1. The molecule has 1 atom stereocenters. The maximum absolute atomic E-state index is 14.5. The van der Waals surface area contributed by atoms with Gasteiger partial charge in [-0.2, -0.15) is 0 Å². The van der Waals surface area contributed by atoms with E-state index in [1.165, 1.54) is 6.07 Å². The van der Waals surface area contributed by atoms with Gasteiger partial charge in [0, 0.05) is 50.9 Å². The molecule has 2 heterocycles. The van der Waals surface area contributed by atoms with Gasteiger partial charge in [0.25, 0.3) is 5.91 Å². The van der Waals surface area contributed by atoms with Gasteiger partial charge in [0.1, 0.15) is 5.82 Å². The molecule has 0 radical (unpaired) electrons. The summed E-state index contributed by atoms with van der Waals surface area (Å²) < 4.78 is 14.5. The maximum Gasteiger partial charge on any atom is 0.254 e. The second kappa shape index (κ2) is 6.84. The van der Waals surface area contributed by atoms with Crippen LogP contribution in [-0.4, -0.2) is 67.6 Å². The van der Waals surface area contributed by atoms with Crippen LogP contribution in [0.3, 0.4) is 0 Å². The molecule has 6 heteroatoms. The first-order valence-corrected chi connectivity index (χ1v) is 8.40. The minimum Gasteiger partial charge on any atom is -0.367 e. The number of likely N-dealkylation sites (tertiary alicyclic amines) is 1. The number of amides is 1. The van der Waals surface area contributed by atoms with Crippen molar-refractivity contribution >= 4 is 11.6 Å². The van der Waals surface area contributed by atoms with Crippen molar-refractivity contribution in [2.75, 3.05) is 50.7 Å². The fourth-order valence-electron chi connectivity index (χ4n) is 3.36. The van der Waals surface area contributed by atoms with E-state index in [2.05, 4.69) is 16.7 Å². The first-order chi connectivity index (χ1) is 11.1. The molecule has 2 saturated heterocycles. The molecule has 5 nitrogen and oxygen atoms in total. The molecule has 0 aliphatic carbocycles. The fraction of sp³-hybridized carbons (Fsp3) is 0.588. The van der Waals surface area contributed by atoms with Crippen LogP contribution in [0.25, 0.3) is 0 Å². The number of likely N-dealkylation sites (N-methyl/N-ethyl adjacent to an activating group) is 1. The van der Waals surface area contributed by atoms with E-state index in [0.29, 0.717) is 24.3 Å². The summed E-state index contributed by atoms with van der Waals surface area (Å²) in [4.78, 5) is 18.5. The van der Waals surface area contributed by atoms with Gasteiger partial charge in [0.2, 0.25) is 0 Å². The predicted molar refractivity (Wildman–Crippen MR) is 89.2 cm³/mol. The van der Waals surface area contributed by atoms with Crippen molar-refractivity contribution in [1.29, 1.82) is 0 Å². The van der Waals surface area contributed by atoms with E-state index < -0.39 is 0 Å². The van der Waals surface area contributed by atoms with Crippen LogP contribution in [0.15, 0.2) is 18.2 Å². The van der Waals surface area contributed by atoms with E-state index in [1.54, 1.807) is 17.0 Å². The third-order valence-corrected chi connectivity index (χ3v) is 4.87. The molecule has 0 saturated carbocycles. The Morgan fingerprint density at radius 1 is 1.26 bits per heavy atom. The second-order valence-electron chi connectivity index (χ2n) is 6.39. The molecule has 1 amide bonds. The number of carbonyl (C=O) groups is 1. The summed E-state index contributed by atoms with van der Waals surface area (Å²) in [6.45, 7) is 7.91. The predicted octanol–water partition coefficient (Wildman–Crippen LogP) is 1.14. The van der Waals surface area contributed by atoms with Crippen LogP contribution >= 0.6 is 0 Å². The number of hydrogen-bond acceptors (Lipinski definition) is 4. The minimum absolute atomic E-state index is 0.0398. The second-order valence-corrected chi connectivity index (χ2v) is 6.39. The van der Waals surface area contributed by atoms with Gasteiger partial charge in [0.05, 0.1) is 5.69 Å². The van der Waals surface area contributed by atoms with Crippen LogP contribution in [0.4, 0.5) is 10.1 Å². The average molecular weight is 320 g/mol. The fourth-order valence-corrected chi connectivity index (χ4v) is 3.36. The van der Waals surface area contributed by atoms with Gasteiger partial charge in [-0.3, -0.25) is 4.79 Å². The molecule has 1 aromatic carbocycles. The third kappa shape index (κ3) is 3.48. The van der Waals surface area contributed by atoms with Gasteiger partial charge < -0.3 is 20.4 Å². The molecule has 2 aliphatic heterocycles. The number of nitrogens with zero attached hydrogens (tertiary/aromatic N) is 3. The number of halogens is 1. The molecule has 23 heavy (non-hydrogen) atoms. The molecule has 0 spiro atoms. The number of hydrogen-bond donors (Lipinski definition) is 1. The van der Waals surface area contributed by atoms with Gasteiger partial charge in [-0.15, -0.1) is 0 Å². The van der Waals surface area contributed by atoms with Crippen molar-refractivity contribution in [2.45, 2.75) is 19.4 Å². The summed E-state index contributed by atoms with van der Waals surface area (Å²) in [5.41, 5.74) is 6.84. The van der Waals surface area contributed by atoms with E-state index in [1.807, 2.05) is 0 Å². The van der Waals surface area contributed by atoms with Crippen molar-refractivity contribution < 1.29 is 9.18 Å². The van der Waals surface area contributed by atoms with Gasteiger partial charge in [-0.1, -0.05) is 6.92 Å². The van der Waals surface area contributed by atoms with E-state index in [4.69, 9.17) is 5.73 Å². The molecule has 2 N–H and O–H groups in total. The Hall–Kier alpha value is -1.66. The zero-order valence-corrected chi connectivity index (χ0v) is 13.7. The third-order valence-electron chi connectivity index (χ3n) is 4.87. The summed E-state index contributed by atoms with van der Waals surface area (Å²) in [5.74, 6) is -0.441. The van der Waals surface area contributed by atoms with E-state index in [-0.39, 0.29) is 17.8 Å². The molecular formula is C17H25FN4O. The van der Waals surface area contributed by atoms with Crippen LogP contribution < -0.4 is 10.6 Å². The number of nitrogens with two attached hydrogens (primary N) is 1. The largest absolute Gasteiger partial charge is 0.367 e. The number of anilines is 1. The highest BCUT2D eigenvalue weighted by molar-refractivity contribution is 5.94. The SMILES string of the molecule is CCN1CCN(c2ccc(C(=O)N3CC[C@H](N)C3)cc2F)CC1. The Bertz CT molecular complexity index is 572. The summed E-state index contributed by atoms with van der Waals surface area (Å²) in [6.07, 6.45) is 0.814. The first-order valence-electron chi connectivity index (χ1n) is 8.40. The molecular weight excluding hydrogens is 295 g/mol. The van der Waals surface area contributed by atoms with Gasteiger partial charge in [-0.25, -0.2) is 4.39 Å². The molecule has 0 unspecified atom stereocenters. The first kappa shape index (κ1) is 16.2. The maximum atomic E-state index is 14.5. The zero-order chi connectivity index (χ0) is 16.4. The number of piperazine rings is 1. The van der Waals surface area contributed by atoms with E-state index in [9.17, 15) is 9.18 Å². The Balaban J connectivity index is 1.70. The van der Waals surface area contributed by atoms with Crippen molar-refractivity contribution in [1.82, 2.24) is 9.80 Å². The van der Waals surface area contributed by atoms with Crippen molar-refractivity contribution in [3.63, 3.8) is 0 Å². The zero-order valence-electron chi connectivity index (χ0n) is 13.7. The number of carbonyl (C=O) groups excluding carboxylic acids is 1. The lowest BCUT2D eigenvalue weighted by Gasteiger charge is -2.35. The molecule has 1 aromatic rings. The summed E-state index contributed by atoms with van der Waals surface area (Å²) >= 11 is 0. The highest BCUT2D eigenvalue weighted by Gasteiger charge is 2.26. The highest BCUT2D eigenvalue weighted by Crippen LogP contribution is 2.23. The van der Waals surface area contributed by atoms with Crippen LogP contribution in [0.1, 0.15) is 23.7 Å². The molecule has 2 fully saturated rings. The quantitative estimate of drug-likeness (QED) is 0.907. The molecule has 126 valence electrons. The molecule has 0 bridgehead atoms. The standard InChI is InChI=1S/C17H25FN4O/c1-2-20-7-9-21(10-8-20)16-4-3-13(11-15(16)18)17(23)22-6-5-14(19)12-22/h3-4,11,14H,2,5-10,12,19H2,1H3/t14-/m0/s1. The topological polar surface area (TPSA) is 52.8 Å². The Morgan fingerprint density at radius 3 is 2.57 bits per heavy atom. The van der Waals surface area contributed by atoms with Gasteiger partial charge in [0.15, 0.2) is 0 Å². The van der Waals surface area contributed by atoms with Crippen LogP contribution in [0.5, 0.6) is 0 Å². The minimum atomic E-state index is -0.315. The summed E-state index contributed by atoms with van der Waals surface area (Å²) in [6, 6.07) is 4.88. The molecule has 0 aromatic heterocycles. The molecule has 3 rings (SSSR count). The van der Waals surface area contributed by atoms with Crippen molar-refractivity contribution in [3.8, 4) is 0 Å². The van der Waals surface area contributed by atoms with E-state index >= 15 is 0 Å².